The molecule has 1 aromatic carbocycles. The van der Waals surface area contributed by atoms with Gasteiger partial charge in [-0.3, -0.25) is 0 Å². The summed E-state index contributed by atoms with van der Waals surface area (Å²) in [5.41, 5.74) is 1.08. The van der Waals surface area contributed by atoms with Crippen molar-refractivity contribution in [2.24, 2.45) is 0 Å². The zero-order chi connectivity index (χ0) is 10.9. The first kappa shape index (κ1) is 11.1. The fourth-order valence-electron chi connectivity index (χ4n) is 1.43. The van der Waals surface area contributed by atoms with Crippen molar-refractivity contribution in [1.82, 2.24) is 4.31 Å². The van der Waals surface area contributed by atoms with Crippen LogP contribution in [-0.2, 0) is 15.4 Å². The second-order valence-corrected chi connectivity index (χ2v) is 6.03. The minimum atomic E-state index is -3.21. The smallest absolute Gasteiger partial charge is 0.207 e. The summed E-state index contributed by atoms with van der Waals surface area (Å²) in [7, 11) is -3.21. The molecule has 1 aliphatic heterocycles. The van der Waals surface area contributed by atoms with Gasteiger partial charge in [0.15, 0.2) is 0 Å². The molecule has 0 bridgehead atoms. The van der Waals surface area contributed by atoms with E-state index in [9.17, 15) is 8.42 Å². The summed E-state index contributed by atoms with van der Waals surface area (Å²) in [5.74, 6) is 0. The van der Waals surface area contributed by atoms with Gasteiger partial charge in [-0.2, -0.15) is 4.31 Å². The van der Waals surface area contributed by atoms with E-state index in [0.717, 1.165) is 17.3 Å². The summed E-state index contributed by atoms with van der Waals surface area (Å²) in [4.78, 5) is 0.395. The second-order valence-electron chi connectivity index (χ2n) is 3.54. The number of nitrogens with zero attached hydrogens (tertiary/aromatic N) is 1. The molecule has 15 heavy (non-hydrogen) atoms. The van der Waals surface area contributed by atoms with E-state index in [0.29, 0.717) is 18.0 Å². The standard InChI is InChI=1S/C10H12BrNO2S/c11-8-9-2-4-10(5-3-9)15(13,14)12-6-1-7-12/h2-5H,1,6-8H2. The van der Waals surface area contributed by atoms with E-state index in [2.05, 4.69) is 15.9 Å². The van der Waals surface area contributed by atoms with Crippen molar-refractivity contribution < 1.29 is 8.42 Å². The molecule has 0 radical (unpaired) electrons. The Kier molecular flexibility index (Phi) is 3.13. The predicted molar refractivity (Wildman–Crippen MR) is 62.4 cm³/mol. The second kappa shape index (κ2) is 4.23. The Hall–Kier alpha value is -0.390. The molecule has 1 aliphatic rings. The van der Waals surface area contributed by atoms with Crippen LogP contribution in [0.1, 0.15) is 12.0 Å². The summed E-state index contributed by atoms with van der Waals surface area (Å²) >= 11 is 3.33. The average Bonchev–Trinajstić information content (AvgIpc) is 2.14. The zero-order valence-corrected chi connectivity index (χ0v) is 10.6. The van der Waals surface area contributed by atoms with Crippen LogP contribution >= 0.6 is 15.9 Å². The van der Waals surface area contributed by atoms with Crippen LogP contribution in [0.15, 0.2) is 29.2 Å². The van der Waals surface area contributed by atoms with Crippen molar-refractivity contribution >= 4 is 26.0 Å². The molecule has 1 aromatic rings. The maximum Gasteiger partial charge on any atom is 0.243 e. The van der Waals surface area contributed by atoms with Gasteiger partial charge in [0.1, 0.15) is 0 Å². The maximum atomic E-state index is 11.9. The van der Waals surface area contributed by atoms with Crippen LogP contribution in [0.25, 0.3) is 0 Å². The molecule has 0 N–H and O–H groups in total. The lowest BCUT2D eigenvalue weighted by molar-refractivity contribution is 0.309. The molecule has 0 aliphatic carbocycles. The summed E-state index contributed by atoms with van der Waals surface area (Å²) in [6, 6.07) is 7.01. The highest BCUT2D eigenvalue weighted by molar-refractivity contribution is 9.08. The molecule has 0 aromatic heterocycles. The Morgan fingerprint density at radius 3 is 2.20 bits per heavy atom. The third kappa shape index (κ3) is 2.09. The van der Waals surface area contributed by atoms with Gasteiger partial charge in [0.2, 0.25) is 10.0 Å². The lowest BCUT2D eigenvalue weighted by atomic mass is 10.2. The van der Waals surface area contributed by atoms with Gasteiger partial charge in [-0.05, 0) is 24.1 Å². The Balaban J connectivity index is 2.28. The number of alkyl halides is 1. The lowest BCUT2D eigenvalue weighted by Crippen LogP contribution is -2.41. The number of benzene rings is 1. The van der Waals surface area contributed by atoms with Gasteiger partial charge in [0, 0.05) is 18.4 Å². The maximum absolute atomic E-state index is 11.9. The third-order valence-corrected chi connectivity index (χ3v) is 5.09. The van der Waals surface area contributed by atoms with Gasteiger partial charge >= 0.3 is 0 Å². The van der Waals surface area contributed by atoms with E-state index < -0.39 is 10.0 Å². The first-order valence-corrected chi connectivity index (χ1v) is 7.36. The number of hydrogen-bond acceptors (Lipinski definition) is 2. The van der Waals surface area contributed by atoms with E-state index in [1.165, 1.54) is 4.31 Å². The Morgan fingerprint density at radius 1 is 1.20 bits per heavy atom. The Morgan fingerprint density at radius 2 is 1.80 bits per heavy atom. The third-order valence-electron chi connectivity index (χ3n) is 2.53. The quantitative estimate of drug-likeness (QED) is 0.798. The highest BCUT2D eigenvalue weighted by atomic mass is 79.9. The first-order chi connectivity index (χ1) is 7.14. The largest absolute Gasteiger partial charge is 0.243 e. The first-order valence-electron chi connectivity index (χ1n) is 4.79. The van der Waals surface area contributed by atoms with Crippen LogP contribution in [0.5, 0.6) is 0 Å². The van der Waals surface area contributed by atoms with Crippen molar-refractivity contribution in [3.63, 3.8) is 0 Å². The highest BCUT2D eigenvalue weighted by Gasteiger charge is 2.28. The molecule has 0 spiro atoms. The van der Waals surface area contributed by atoms with Crippen molar-refractivity contribution in [3.05, 3.63) is 29.8 Å². The molecule has 0 saturated carbocycles. The Bertz CT molecular complexity index is 437. The van der Waals surface area contributed by atoms with E-state index in [1.54, 1.807) is 12.1 Å². The Labute approximate surface area is 98.3 Å². The molecule has 3 nitrogen and oxygen atoms in total. The van der Waals surface area contributed by atoms with Crippen LogP contribution in [0.4, 0.5) is 0 Å². The molecule has 0 atom stereocenters. The SMILES string of the molecule is O=S(=O)(c1ccc(CBr)cc1)N1CCC1. The molecule has 82 valence electrons. The van der Waals surface area contributed by atoms with Crippen LogP contribution in [-0.4, -0.2) is 25.8 Å². The number of halogens is 1. The van der Waals surface area contributed by atoms with E-state index in [4.69, 9.17) is 0 Å². The van der Waals surface area contributed by atoms with Crippen molar-refractivity contribution in [1.29, 1.82) is 0 Å². The van der Waals surface area contributed by atoms with Gasteiger partial charge in [-0.25, -0.2) is 8.42 Å². The molecule has 1 fully saturated rings. The molecule has 1 heterocycles. The fraction of sp³-hybridized carbons (Fsp3) is 0.400. The molecular weight excluding hydrogens is 278 g/mol. The van der Waals surface area contributed by atoms with Gasteiger partial charge < -0.3 is 0 Å². The summed E-state index contributed by atoms with van der Waals surface area (Å²) in [6.07, 6.45) is 0.971. The molecule has 0 amide bonds. The summed E-state index contributed by atoms with van der Waals surface area (Å²) in [5, 5.41) is 0.747. The van der Waals surface area contributed by atoms with Crippen LogP contribution in [0.2, 0.25) is 0 Å². The molecule has 1 saturated heterocycles. The molecular formula is C10H12BrNO2S. The minimum absolute atomic E-state index is 0.395. The summed E-state index contributed by atoms with van der Waals surface area (Å²) < 4.78 is 25.4. The number of hydrogen-bond donors (Lipinski definition) is 0. The van der Waals surface area contributed by atoms with Gasteiger partial charge in [-0.1, -0.05) is 28.1 Å². The van der Waals surface area contributed by atoms with Gasteiger partial charge in [0.25, 0.3) is 0 Å². The van der Waals surface area contributed by atoms with Crippen molar-refractivity contribution in [2.75, 3.05) is 13.1 Å². The molecule has 2 rings (SSSR count). The number of sulfonamides is 1. The monoisotopic (exact) mass is 289 g/mol. The van der Waals surface area contributed by atoms with Crippen LogP contribution < -0.4 is 0 Å². The predicted octanol–water partition coefficient (Wildman–Crippen LogP) is 1.98. The van der Waals surface area contributed by atoms with Gasteiger partial charge in [-0.15, -0.1) is 0 Å². The summed E-state index contributed by atoms with van der Waals surface area (Å²) in [6.45, 7) is 1.31. The van der Waals surface area contributed by atoms with Crippen molar-refractivity contribution in [3.8, 4) is 0 Å². The average molecular weight is 290 g/mol. The lowest BCUT2D eigenvalue weighted by Gasteiger charge is -2.29. The van der Waals surface area contributed by atoms with Crippen LogP contribution in [0.3, 0.4) is 0 Å². The van der Waals surface area contributed by atoms with E-state index in [1.807, 2.05) is 12.1 Å². The topological polar surface area (TPSA) is 37.4 Å². The zero-order valence-electron chi connectivity index (χ0n) is 8.19. The molecule has 0 unspecified atom stereocenters. The van der Waals surface area contributed by atoms with E-state index >= 15 is 0 Å². The van der Waals surface area contributed by atoms with E-state index in [-0.39, 0.29) is 0 Å². The normalized spacial score (nSPS) is 17.4. The van der Waals surface area contributed by atoms with Crippen molar-refractivity contribution in [2.45, 2.75) is 16.6 Å². The fourth-order valence-corrected chi connectivity index (χ4v) is 3.32. The van der Waals surface area contributed by atoms with Crippen LogP contribution in [0, 0.1) is 0 Å². The number of rotatable bonds is 3. The minimum Gasteiger partial charge on any atom is -0.207 e. The highest BCUT2D eigenvalue weighted by Crippen LogP contribution is 2.21. The molecule has 5 heteroatoms. The van der Waals surface area contributed by atoms with Gasteiger partial charge in [0.05, 0.1) is 4.90 Å².